The van der Waals surface area contributed by atoms with Crippen molar-refractivity contribution < 1.29 is 28.6 Å². The van der Waals surface area contributed by atoms with Gasteiger partial charge in [0.15, 0.2) is 17.6 Å². The minimum atomic E-state index is -1.18. The Kier molecular flexibility index (Phi) is 5.06. The molecular formula is C19H18FNO5. The van der Waals surface area contributed by atoms with Crippen LogP contribution in [-0.2, 0) is 22.4 Å². The first kappa shape index (κ1) is 17.7. The number of carbonyl (C=O) groups excluding carboxylic acids is 1. The smallest absolute Gasteiger partial charge is 0.330 e. The van der Waals surface area contributed by atoms with Crippen molar-refractivity contribution in [2.75, 3.05) is 13.7 Å². The normalized spacial score (nSPS) is 13.5. The van der Waals surface area contributed by atoms with Crippen molar-refractivity contribution in [3.05, 3.63) is 58.9 Å². The molecule has 0 saturated heterocycles. The Morgan fingerprint density at radius 1 is 1.31 bits per heavy atom. The third-order valence-corrected chi connectivity index (χ3v) is 4.18. The van der Waals surface area contributed by atoms with E-state index in [4.69, 9.17) is 9.47 Å². The van der Waals surface area contributed by atoms with Crippen molar-refractivity contribution in [2.24, 2.45) is 0 Å². The number of carbonyl (C=O) groups is 2. The van der Waals surface area contributed by atoms with Gasteiger partial charge in [-0.3, -0.25) is 4.79 Å². The number of halogens is 1. The molecule has 136 valence electrons. The summed E-state index contributed by atoms with van der Waals surface area (Å²) in [5.41, 5.74) is 1.81. The van der Waals surface area contributed by atoms with Gasteiger partial charge in [0.05, 0.1) is 20.1 Å². The number of benzene rings is 2. The number of methoxy groups -OCH3 is 1. The number of carboxylic acid groups (broad SMARTS) is 1. The van der Waals surface area contributed by atoms with E-state index >= 15 is 0 Å². The molecule has 0 fully saturated rings. The predicted octanol–water partition coefficient (Wildman–Crippen LogP) is 2.25. The molecule has 7 heteroatoms. The fraction of sp³-hybridized carbons (Fsp3) is 0.263. The zero-order valence-corrected chi connectivity index (χ0v) is 14.1. The van der Waals surface area contributed by atoms with Crippen molar-refractivity contribution in [3.63, 3.8) is 0 Å². The van der Waals surface area contributed by atoms with Crippen LogP contribution in [0.3, 0.4) is 0 Å². The molecule has 0 radical (unpaired) electrons. The van der Waals surface area contributed by atoms with Crippen LogP contribution in [0.2, 0.25) is 0 Å². The van der Waals surface area contributed by atoms with Gasteiger partial charge in [0, 0.05) is 6.42 Å². The van der Waals surface area contributed by atoms with Gasteiger partial charge >= 0.3 is 5.97 Å². The molecule has 1 aliphatic rings. The molecule has 1 heterocycles. The Morgan fingerprint density at radius 3 is 2.81 bits per heavy atom. The molecule has 2 aromatic carbocycles. The molecule has 26 heavy (non-hydrogen) atoms. The van der Waals surface area contributed by atoms with Gasteiger partial charge in [0.25, 0.3) is 0 Å². The molecule has 0 aromatic heterocycles. The summed E-state index contributed by atoms with van der Waals surface area (Å²) in [7, 11) is 1.35. The fourth-order valence-corrected chi connectivity index (χ4v) is 2.89. The Morgan fingerprint density at radius 2 is 2.12 bits per heavy atom. The van der Waals surface area contributed by atoms with Gasteiger partial charge in [-0.1, -0.05) is 12.1 Å². The largest absolute Gasteiger partial charge is 0.494 e. The van der Waals surface area contributed by atoms with Crippen molar-refractivity contribution in [1.29, 1.82) is 0 Å². The molecular weight excluding hydrogens is 341 g/mol. The quantitative estimate of drug-likeness (QED) is 0.826. The highest BCUT2D eigenvalue weighted by Gasteiger charge is 2.24. The third-order valence-electron chi connectivity index (χ3n) is 4.18. The summed E-state index contributed by atoms with van der Waals surface area (Å²) in [5, 5.41) is 12.0. The first-order chi connectivity index (χ1) is 12.5. The lowest BCUT2D eigenvalue weighted by molar-refractivity contribution is -0.142. The summed E-state index contributed by atoms with van der Waals surface area (Å²) in [6.45, 7) is 0.561. The maximum absolute atomic E-state index is 13.7. The summed E-state index contributed by atoms with van der Waals surface area (Å²) in [5.74, 6) is -1.45. The number of fused-ring (bicyclic) bond motifs is 1. The van der Waals surface area contributed by atoms with Gasteiger partial charge in [-0.25, -0.2) is 9.18 Å². The highest BCUT2D eigenvalue weighted by Crippen LogP contribution is 2.28. The molecule has 2 aromatic rings. The van der Waals surface area contributed by atoms with E-state index in [0.717, 1.165) is 11.3 Å². The summed E-state index contributed by atoms with van der Waals surface area (Å²) < 4.78 is 24.0. The standard InChI is InChI=1S/C19H18FNO5/c1-25-16-4-2-11(8-14(16)20)9-17(22)21-18(19(23)24)13-3-5-15-12(10-13)6-7-26-15/h2-5,8,10,18H,6-7,9H2,1H3,(H,21,22)(H,23,24). The van der Waals surface area contributed by atoms with Crippen molar-refractivity contribution in [1.82, 2.24) is 5.32 Å². The lowest BCUT2D eigenvalue weighted by Gasteiger charge is -2.16. The van der Waals surface area contributed by atoms with Crippen LogP contribution in [-0.4, -0.2) is 30.7 Å². The van der Waals surface area contributed by atoms with E-state index in [2.05, 4.69) is 5.32 Å². The molecule has 1 amide bonds. The second-order valence-corrected chi connectivity index (χ2v) is 5.95. The van der Waals surface area contributed by atoms with Gasteiger partial charge in [-0.15, -0.1) is 0 Å². The van der Waals surface area contributed by atoms with Crippen LogP contribution >= 0.6 is 0 Å². The van der Waals surface area contributed by atoms with E-state index in [1.54, 1.807) is 24.3 Å². The third kappa shape index (κ3) is 3.77. The molecule has 1 unspecified atom stereocenters. The van der Waals surface area contributed by atoms with Crippen LogP contribution in [0.4, 0.5) is 4.39 Å². The number of hydrogen-bond acceptors (Lipinski definition) is 4. The SMILES string of the molecule is COc1ccc(CC(=O)NC(C(=O)O)c2ccc3c(c2)CCO3)cc1F. The first-order valence-electron chi connectivity index (χ1n) is 8.08. The van der Waals surface area contributed by atoms with E-state index in [9.17, 15) is 19.1 Å². The summed E-state index contributed by atoms with van der Waals surface area (Å²) in [6, 6.07) is 8.05. The molecule has 3 rings (SSSR count). The number of carboxylic acids is 1. The molecule has 0 aliphatic carbocycles. The number of nitrogens with one attached hydrogen (secondary N) is 1. The molecule has 0 saturated carbocycles. The number of aliphatic carboxylic acids is 1. The summed E-state index contributed by atoms with van der Waals surface area (Å²) >= 11 is 0. The van der Waals surface area contributed by atoms with Gasteiger partial charge < -0.3 is 19.9 Å². The van der Waals surface area contributed by atoms with Gasteiger partial charge in [0.1, 0.15) is 5.75 Å². The highest BCUT2D eigenvalue weighted by molar-refractivity contribution is 5.85. The minimum absolute atomic E-state index is 0.0814. The first-order valence-corrected chi connectivity index (χ1v) is 8.08. The van der Waals surface area contributed by atoms with E-state index in [-0.39, 0.29) is 12.2 Å². The van der Waals surface area contributed by atoms with Crippen LogP contribution in [0.1, 0.15) is 22.7 Å². The second kappa shape index (κ2) is 7.43. The second-order valence-electron chi connectivity index (χ2n) is 5.95. The minimum Gasteiger partial charge on any atom is -0.494 e. The van der Waals surface area contributed by atoms with E-state index in [1.807, 2.05) is 0 Å². The zero-order valence-electron chi connectivity index (χ0n) is 14.1. The molecule has 1 atom stereocenters. The Balaban J connectivity index is 1.73. The topological polar surface area (TPSA) is 84.9 Å². The summed E-state index contributed by atoms with van der Waals surface area (Å²) in [6.07, 6.45) is 0.563. The summed E-state index contributed by atoms with van der Waals surface area (Å²) in [4.78, 5) is 23.9. The lowest BCUT2D eigenvalue weighted by Crippen LogP contribution is -2.34. The van der Waals surface area contributed by atoms with Crippen molar-refractivity contribution in [3.8, 4) is 11.5 Å². The van der Waals surface area contributed by atoms with E-state index in [0.29, 0.717) is 24.2 Å². The van der Waals surface area contributed by atoms with Crippen molar-refractivity contribution >= 4 is 11.9 Å². The number of rotatable bonds is 6. The number of amides is 1. The Hall–Kier alpha value is -3.09. The molecule has 1 aliphatic heterocycles. The van der Waals surface area contributed by atoms with E-state index < -0.39 is 23.7 Å². The van der Waals surface area contributed by atoms with Crippen LogP contribution in [0.15, 0.2) is 36.4 Å². The van der Waals surface area contributed by atoms with Crippen LogP contribution in [0.5, 0.6) is 11.5 Å². The van der Waals surface area contributed by atoms with Gasteiger partial charge in [0.2, 0.25) is 5.91 Å². The predicted molar refractivity (Wildman–Crippen MR) is 90.8 cm³/mol. The maximum atomic E-state index is 13.7. The maximum Gasteiger partial charge on any atom is 0.330 e. The van der Waals surface area contributed by atoms with Crippen molar-refractivity contribution in [2.45, 2.75) is 18.9 Å². The Labute approximate surface area is 149 Å². The highest BCUT2D eigenvalue weighted by atomic mass is 19.1. The average molecular weight is 359 g/mol. The van der Waals surface area contributed by atoms with E-state index in [1.165, 1.54) is 19.2 Å². The lowest BCUT2D eigenvalue weighted by atomic mass is 10.0. The monoisotopic (exact) mass is 359 g/mol. The van der Waals surface area contributed by atoms with Crippen LogP contribution < -0.4 is 14.8 Å². The van der Waals surface area contributed by atoms with Gasteiger partial charge in [-0.2, -0.15) is 0 Å². The van der Waals surface area contributed by atoms with Gasteiger partial charge in [-0.05, 0) is 41.0 Å². The van der Waals surface area contributed by atoms with Crippen LogP contribution in [0, 0.1) is 5.82 Å². The number of ether oxygens (including phenoxy) is 2. The fourth-order valence-electron chi connectivity index (χ4n) is 2.89. The number of hydrogen-bond donors (Lipinski definition) is 2. The molecule has 6 nitrogen and oxygen atoms in total. The molecule has 0 spiro atoms. The van der Waals surface area contributed by atoms with Crippen LogP contribution in [0.25, 0.3) is 0 Å². The molecule has 0 bridgehead atoms. The molecule has 2 N–H and O–H groups in total. The zero-order chi connectivity index (χ0) is 18.7. The Bertz CT molecular complexity index is 852. The average Bonchev–Trinajstić information content (AvgIpc) is 3.07.